The zero-order valence-electron chi connectivity index (χ0n) is 20.9. The number of likely N-dealkylation sites (N-methyl/N-ethyl adjacent to an activating group) is 1. The Morgan fingerprint density at radius 2 is 1.88 bits per heavy atom. The van der Waals surface area contributed by atoms with E-state index in [2.05, 4.69) is 64.3 Å². The standard InChI is InChI=1S/C26H44N4O2.HI/c1-4-29(5-2)23(19-22-11-7-6-8-12-22)20-28-26(27-3)30-16-14-24(15-17-30)32-21-25-13-9-10-18-31-25;/h6-8,11-12,23-25H,4-5,9-10,13-21H2,1-3H3,(H,27,28);1H. The lowest BCUT2D eigenvalue weighted by Gasteiger charge is -2.36. The minimum absolute atomic E-state index is 0. The van der Waals surface area contributed by atoms with Crippen molar-refractivity contribution in [3.63, 3.8) is 0 Å². The lowest BCUT2D eigenvalue weighted by molar-refractivity contribution is -0.0721. The summed E-state index contributed by atoms with van der Waals surface area (Å²) >= 11 is 0. The van der Waals surface area contributed by atoms with Crippen LogP contribution in [0.25, 0.3) is 0 Å². The Morgan fingerprint density at radius 1 is 1.15 bits per heavy atom. The second kappa shape index (κ2) is 15.9. The number of guanidine groups is 1. The first-order valence-corrected chi connectivity index (χ1v) is 12.7. The molecule has 0 aromatic heterocycles. The summed E-state index contributed by atoms with van der Waals surface area (Å²) in [5.74, 6) is 1.02. The van der Waals surface area contributed by atoms with Gasteiger partial charge in [0.1, 0.15) is 0 Å². The van der Waals surface area contributed by atoms with Gasteiger partial charge in [0.25, 0.3) is 0 Å². The fourth-order valence-corrected chi connectivity index (χ4v) is 4.91. The van der Waals surface area contributed by atoms with E-state index in [4.69, 9.17) is 9.47 Å². The first-order valence-electron chi connectivity index (χ1n) is 12.7. The van der Waals surface area contributed by atoms with E-state index in [0.717, 1.165) is 77.6 Å². The molecule has 1 N–H and O–H groups in total. The number of nitrogens with one attached hydrogen (secondary N) is 1. The Labute approximate surface area is 218 Å². The summed E-state index contributed by atoms with van der Waals surface area (Å²) in [7, 11) is 1.90. The quantitative estimate of drug-likeness (QED) is 0.259. The fourth-order valence-electron chi connectivity index (χ4n) is 4.91. The third-order valence-electron chi connectivity index (χ3n) is 6.88. The van der Waals surface area contributed by atoms with Crippen molar-refractivity contribution in [3.8, 4) is 0 Å². The zero-order valence-corrected chi connectivity index (χ0v) is 23.2. The largest absolute Gasteiger partial charge is 0.376 e. The van der Waals surface area contributed by atoms with Gasteiger partial charge < -0.3 is 19.7 Å². The Bertz CT molecular complexity index is 658. The molecule has 2 fully saturated rings. The molecule has 3 rings (SSSR count). The molecule has 2 atom stereocenters. The van der Waals surface area contributed by atoms with E-state index >= 15 is 0 Å². The highest BCUT2D eigenvalue weighted by atomic mass is 127. The molecule has 33 heavy (non-hydrogen) atoms. The molecule has 6 nitrogen and oxygen atoms in total. The predicted molar refractivity (Wildman–Crippen MR) is 148 cm³/mol. The van der Waals surface area contributed by atoms with Crippen molar-refractivity contribution in [2.24, 2.45) is 4.99 Å². The molecular weight excluding hydrogens is 527 g/mol. The number of halogens is 1. The van der Waals surface area contributed by atoms with E-state index < -0.39 is 0 Å². The SMILES string of the molecule is CCN(CC)C(CNC(=NC)N1CCC(OCC2CCCCO2)CC1)Cc1ccccc1.I. The Balaban J connectivity index is 0.00000385. The van der Waals surface area contributed by atoms with Crippen molar-refractivity contribution in [1.29, 1.82) is 0 Å². The number of ether oxygens (including phenoxy) is 2. The number of aliphatic imine (C=N–C) groups is 1. The molecule has 0 radical (unpaired) electrons. The fraction of sp³-hybridized carbons (Fsp3) is 0.731. The van der Waals surface area contributed by atoms with Gasteiger partial charge in [0.15, 0.2) is 5.96 Å². The number of benzene rings is 1. The van der Waals surface area contributed by atoms with Gasteiger partial charge in [0, 0.05) is 39.3 Å². The first-order chi connectivity index (χ1) is 15.7. The van der Waals surface area contributed by atoms with Crippen molar-refractivity contribution in [3.05, 3.63) is 35.9 Å². The molecule has 2 aliphatic rings. The molecule has 1 aromatic carbocycles. The maximum Gasteiger partial charge on any atom is 0.193 e. The van der Waals surface area contributed by atoms with Crippen LogP contribution < -0.4 is 5.32 Å². The van der Waals surface area contributed by atoms with Gasteiger partial charge in [-0.15, -0.1) is 24.0 Å². The van der Waals surface area contributed by atoms with Gasteiger partial charge in [-0.1, -0.05) is 44.2 Å². The van der Waals surface area contributed by atoms with Gasteiger partial charge in [0.2, 0.25) is 0 Å². The van der Waals surface area contributed by atoms with Gasteiger partial charge in [0.05, 0.1) is 18.8 Å². The molecule has 0 spiro atoms. The number of rotatable bonds is 10. The molecule has 0 aliphatic carbocycles. The lowest BCUT2D eigenvalue weighted by atomic mass is 10.0. The van der Waals surface area contributed by atoms with Gasteiger partial charge in [-0.05, 0) is 57.2 Å². The van der Waals surface area contributed by atoms with E-state index in [1.54, 1.807) is 0 Å². The number of hydrogen-bond donors (Lipinski definition) is 1. The van der Waals surface area contributed by atoms with Crippen LogP contribution in [0.3, 0.4) is 0 Å². The van der Waals surface area contributed by atoms with Crippen LogP contribution >= 0.6 is 24.0 Å². The summed E-state index contributed by atoms with van der Waals surface area (Å²) in [5, 5.41) is 3.68. The topological polar surface area (TPSA) is 49.3 Å². The van der Waals surface area contributed by atoms with Crippen LogP contribution in [0, 0.1) is 0 Å². The number of likely N-dealkylation sites (tertiary alicyclic amines) is 1. The van der Waals surface area contributed by atoms with Crippen LogP contribution in [-0.4, -0.2) is 87.0 Å². The second-order valence-electron chi connectivity index (χ2n) is 9.00. The van der Waals surface area contributed by atoms with Crippen LogP contribution in [0.15, 0.2) is 35.3 Å². The van der Waals surface area contributed by atoms with Crippen molar-refractivity contribution in [1.82, 2.24) is 15.1 Å². The molecular formula is C26H45IN4O2. The van der Waals surface area contributed by atoms with Crippen molar-refractivity contribution < 1.29 is 9.47 Å². The van der Waals surface area contributed by atoms with E-state index in [9.17, 15) is 0 Å². The molecule has 2 aliphatic heterocycles. The second-order valence-corrected chi connectivity index (χ2v) is 9.00. The van der Waals surface area contributed by atoms with Crippen LogP contribution in [0.1, 0.15) is 51.5 Å². The van der Waals surface area contributed by atoms with Gasteiger partial charge in [-0.3, -0.25) is 9.89 Å². The average molecular weight is 573 g/mol. The van der Waals surface area contributed by atoms with E-state index in [1.165, 1.54) is 18.4 Å². The number of piperidine rings is 1. The molecule has 2 heterocycles. The maximum absolute atomic E-state index is 6.19. The van der Waals surface area contributed by atoms with Crippen LogP contribution in [0.5, 0.6) is 0 Å². The minimum atomic E-state index is 0. The van der Waals surface area contributed by atoms with Crippen molar-refractivity contribution in [2.75, 3.05) is 53.0 Å². The third kappa shape index (κ3) is 9.34. The Morgan fingerprint density at radius 3 is 2.48 bits per heavy atom. The monoisotopic (exact) mass is 572 g/mol. The molecule has 0 saturated carbocycles. The molecule has 0 bridgehead atoms. The Hall–Kier alpha value is -0.900. The van der Waals surface area contributed by atoms with Crippen molar-refractivity contribution >= 4 is 29.9 Å². The highest BCUT2D eigenvalue weighted by Crippen LogP contribution is 2.18. The highest BCUT2D eigenvalue weighted by molar-refractivity contribution is 14.0. The minimum Gasteiger partial charge on any atom is -0.376 e. The smallest absolute Gasteiger partial charge is 0.193 e. The maximum atomic E-state index is 6.19. The predicted octanol–water partition coefficient (Wildman–Crippen LogP) is 4.18. The van der Waals surface area contributed by atoms with Gasteiger partial charge in [-0.25, -0.2) is 0 Å². The van der Waals surface area contributed by atoms with E-state index in [1.807, 2.05) is 7.05 Å². The molecule has 0 amide bonds. The first kappa shape index (κ1) is 28.3. The summed E-state index contributed by atoms with van der Waals surface area (Å²) in [5.41, 5.74) is 1.39. The summed E-state index contributed by atoms with van der Waals surface area (Å²) in [6.45, 7) is 11.1. The van der Waals surface area contributed by atoms with Crippen LogP contribution in [0.4, 0.5) is 0 Å². The number of nitrogens with zero attached hydrogens (tertiary/aromatic N) is 3. The molecule has 188 valence electrons. The summed E-state index contributed by atoms with van der Waals surface area (Å²) in [6.07, 6.45) is 7.41. The number of hydrogen-bond acceptors (Lipinski definition) is 4. The van der Waals surface area contributed by atoms with Crippen molar-refractivity contribution in [2.45, 2.75) is 70.6 Å². The zero-order chi connectivity index (χ0) is 22.6. The highest BCUT2D eigenvalue weighted by Gasteiger charge is 2.25. The summed E-state index contributed by atoms with van der Waals surface area (Å²) in [4.78, 5) is 9.53. The summed E-state index contributed by atoms with van der Waals surface area (Å²) < 4.78 is 12.0. The molecule has 2 saturated heterocycles. The normalized spacial score (nSPS) is 21.0. The van der Waals surface area contributed by atoms with E-state index in [-0.39, 0.29) is 24.0 Å². The molecule has 1 aromatic rings. The summed E-state index contributed by atoms with van der Waals surface area (Å²) in [6, 6.07) is 11.3. The average Bonchev–Trinajstić information content (AvgIpc) is 2.85. The van der Waals surface area contributed by atoms with Crippen LogP contribution in [0.2, 0.25) is 0 Å². The van der Waals surface area contributed by atoms with Gasteiger partial charge >= 0.3 is 0 Å². The van der Waals surface area contributed by atoms with Crippen LogP contribution in [-0.2, 0) is 15.9 Å². The molecule has 7 heteroatoms. The lowest BCUT2D eigenvalue weighted by Crippen LogP contribution is -2.51. The van der Waals surface area contributed by atoms with E-state index in [0.29, 0.717) is 18.2 Å². The molecule has 2 unspecified atom stereocenters. The van der Waals surface area contributed by atoms with Gasteiger partial charge in [-0.2, -0.15) is 0 Å². The Kier molecular flexibility index (Phi) is 13.7. The third-order valence-corrected chi connectivity index (χ3v) is 6.88.